The molecule has 1 unspecified atom stereocenters. The Kier molecular flexibility index (Phi) is 5.80. The molecule has 64 valence electrons. The molecule has 0 radical (unpaired) electrons. The highest BCUT2D eigenvalue weighted by Gasteiger charge is 2.09. The zero-order chi connectivity index (χ0) is 8.69. The van der Waals surface area contributed by atoms with E-state index in [0.717, 1.165) is 13.0 Å². The third-order valence-electron chi connectivity index (χ3n) is 1.69. The fourth-order valence-corrected chi connectivity index (χ4v) is 0.939. The highest BCUT2D eigenvalue weighted by atomic mass is 16.3. The van der Waals surface area contributed by atoms with Gasteiger partial charge in [0.05, 0.1) is 6.61 Å². The predicted molar refractivity (Wildman–Crippen MR) is 48.5 cm³/mol. The summed E-state index contributed by atoms with van der Waals surface area (Å²) in [5.41, 5.74) is 0. The molecular weight excluding hydrogens is 138 g/mol. The normalized spacial score (nSPS) is 13.0. The van der Waals surface area contributed by atoms with Gasteiger partial charge in [0.2, 0.25) is 0 Å². The average Bonchev–Trinajstić information content (AvgIpc) is 2.00. The molecular formula is C9H17NO. The highest BCUT2D eigenvalue weighted by molar-refractivity contribution is 4.82. The second kappa shape index (κ2) is 6.13. The topological polar surface area (TPSA) is 23.5 Å². The van der Waals surface area contributed by atoms with Crippen LogP contribution in [-0.4, -0.2) is 36.2 Å². The van der Waals surface area contributed by atoms with E-state index in [4.69, 9.17) is 5.11 Å². The summed E-state index contributed by atoms with van der Waals surface area (Å²) < 4.78 is 0. The van der Waals surface area contributed by atoms with E-state index in [-0.39, 0.29) is 12.6 Å². The maximum Gasteiger partial charge on any atom is 0.0589 e. The molecule has 2 heteroatoms. The van der Waals surface area contributed by atoms with Crippen molar-refractivity contribution >= 4 is 0 Å². The molecule has 1 N–H and O–H groups in total. The van der Waals surface area contributed by atoms with Crippen LogP contribution in [0, 0.1) is 0 Å². The van der Waals surface area contributed by atoms with E-state index in [9.17, 15) is 0 Å². The van der Waals surface area contributed by atoms with Crippen LogP contribution < -0.4 is 0 Å². The molecule has 0 bridgehead atoms. The van der Waals surface area contributed by atoms with Crippen LogP contribution in [0.1, 0.15) is 6.42 Å². The third kappa shape index (κ3) is 3.96. The van der Waals surface area contributed by atoms with E-state index in [1.165, 1.54) is 0 Å². The molecule has 0 aliphatic rings. The Bertz CT molecular complexity index is 123. The number of nitrogens with zero attached hydrogens (tertiary/aromatic N) is 1. The Balaban J connectivity index is 3.78. The molecule has 0 fully saturated rings. The molecule has 0 aromatic carbocycles. The van der Waals surface area contributed by atoms with Gasteiger partial charge in [-0.1, -0.05) is 12.2 Å². The van der Waals surface area contributed by atoms with Crippen LogP contribution in [0.25, 0.3) is 0 Å². The van der Waals surface area contributed by atoms with Gasteiger partial charge in [-0.2, -0.15) is 0 Å². The van der Waals surface area contributed by atoms with Crippen molar-refractivity contribution in [3.05, 3.63) is 25.3 Å². The summed E-state index contributed by atoms with van der Waals surface area (Å²) in [6.45, 7) is 8.24. The molecule has 0 rings (SSSR count). The molecule has 0 aromatic rings. The van der Waals surface area contributed by atoms with E-state index in [2.05, 4.69) is 18.1 Å². The molecule has 0 spiro atoms. The van der Waals surface area contributed by atoms with Gasteiger partial charge in [0.15, 0.2) is 0 Å². The summed E-state index contributed by atoms with van der Waals surface area (Å²) in [4.78, 5) is 2.05. The minimum absolute atomic E-state index is 0.177. The minimum atomic E-state index is 0.177. The first-order valence-electron chi connectivity index (χ1n) is 3.79. The summed E-state index contributed by atoms with van der Waals surface area (Å²) in [7, 11) is 1.96. The van der Waals surface area contributed by atoms with Crippen molar-refractivity contribution in [2.24, 2.45) is 0 Å². The Hall–Kier alpha value is -0.600. The van der Waals surface area contributed by atoms with Crippen molar-refractivity contribution in [3.63, 3.8) is 0 Å². The van der Waals surface area contributed by atoms with Gasteiger partial charge in [-0.25, -0.2) is 0 Å². The summed E-state index contributed by atoms with van der Waals surface area (Å²) in [5, 5.41) is 8.93. The van der Waals surface area contributed by atoms with Gasteiger partial charge in [-0.15, -0.1) is 13.2 Å². The minimum Gasteiger partial charge on any atom is -0.395 e. The van der Waals surface area contributed by atoms with Crippen molar-refractivity contribution in [3.8, 4) is 0 Å². The van der Waals surface area contributed by atoms with Crippen molar-refractivity contribution < 1.29 is 5.11 Å². The molecule has 0 saturated heterocycles. The molecule has 0 saturated carbocycles. The van der Waals surface area contributed by atoms with Gasteiger partial charge in [0, 0.05) is 12.6 Å². The van der Waals surface area contributed by atoms with Crippen molar-refractivity contribution in [2.45, 2.75) is 12.5 Å². The number of rotatable bonds is 6. The second-order valence-corrected chi connectivity index (χ2v) is 2.59. The molecule has 0 aliphatic heterocycles. The van der Waals surface area contributed by atoms with Gasteiger partial charge in [0.1, 0.15) is 0 Å². The largest absolute Gasteiger partial charge is 0.395 e. The van der Waals surface area contributed by atoms with Crippen LogP contribution in [0.15, 0.2) is 25.3 Å². The Labute approximate surface area is 68.8 Å². The van der Waals surface area contributed by atoms with E-state index in [0.29, 0.717) is 0 Å². The van der Waals surface area contributed by atoms with E-state index < -0.39 is 0 Å². The zero-order valence-corrected chi connectivity index (χ0v) is 7.16. The zero-order valence-electron chi connectivity index (χ0n) is 7.16. The summed E-state index contributed by atoms with van der Waals surface area (Å²) in [6, 6.07) is 0.186. The van der Waals surface area contributed by atoms with Crippen molar-refractivity contribution in [1.82, 2.24) is 4.90 Å². The lowest BCUT2D eigenvalue weighted by atomic mass is 10.2. The smallest absolute Gasteiger partial charge is 0.0589 e. The average molecular weight is 155 g/mol. The maximum absolute atomic E-state index is 8.93. The molecule has 0 aliphatic carbocycles. The van der Waals surface area contributed by atoms with Gasteiger partial charge in [-0.3, -0.25) is 4.90 Å². The molecule has 0 heterocycles. The van der Waals surface area contributed by atoms with Crippen LogP contribution in [-0.2, 0) is 0 Å². The first-order chi connectivity index (χ1) is 5.26. The third-order valence-corrected chi connectivity index (χ3v) is 1.69. The van der Waals surface area contributed by atoms with Crippen LogP contribution in [0.4, 0.5) is 0 Å². The predicted octanol–water partition coefficient (Wildman–Crippen LogP) is 1.04. The van der Waals surface area contributed by atoms with E-state index in [1.54, 1.807) is 0 Å². The number of hydrogen-bond acceptors (Lipinski definition) is 2. The van der Waals surface area contributed by atoms with Gasteiger partial charge >= 0.3 is 0 Å². The SMILES string of the molecule is C=CCC(CO)N(C)CC=C. The number of hydrogen-bond donors (Lipinski definition) is 1. The monoisotopic (exact) mass is 155 g/mol. The van der Waals surface area contributed by atoms with Gasteiger partial charge in [0.25, 0.3) is 0 Å². The standard InChI is InChI=1S/C9H17NO/c1-4-6-9(8-11)10(3)7-5-2/h4-5,9,11H,1-2,6-8H2,3H3. The number of likely N-dealkylation sites (N-methyl/N-ethyl adjacent to an activating group) is 1. The molecule has 11 heavy (non-hydrogen) atoms. The number of aliphatic hydroxyl groups excluding tert-OH is 1. The van der Waals surface area contributed by atoms with Gasteiger partial charge < -0.3 is 5.11 Å². The molecule has 0 amide bonds. The Morgan fingerprint density at radius 2 is 2.09 bits per heavy atom. The summed E-state index contributed by atoms with van der Waals surface area (Å²) >= 11 is 0. The molecule has 0 aromatic heterocycles. The summed E-state index contributed by atoms with van der Waals surface area (Å²) in [5.74, 6) is 0. The lowest BCUT2D eigenvalue weighted by Gasteiger charge is -2.23. The first-order valence-corrected chi connectivity index (χ1v) is 3.79. The fourth-order valence-electron chi connectivity index (χ4n) is 0.939. The maximum atomic E-state index is 8.93. The van der Waals surface area contributed by atoms with E-state index in [1.807, 2.05) is 19.2 Å². The van der Waals surface area contributed by atoms with Crippen LogP contribution in [0.3, 0.4) is 0 Å². The van der Waals surface area contributed by atoms with Gasteiger partial charge in [-0.05, 0) is 13.5 Å². The van der Waals surface area contributed by atoms with Crippen LogP contribution in [0.2, 0.25) is 0 Å². The fraction of sp³-hybridized carbons (Fsp3) is 0.556. The van der Waals surface area contributed by atoms with Crippen LogP contribution >= 0.6 is 0 Å². The van der Waals surface area contributed by atoms with Crippen molar-refractivity contribution in [1.29, 1.82) is 0 Å². The second-order valence-electron chi connectivity index (χ2n) is 2.59. The van der Waals surface area contributed by atoms with E-state index >= 15 is 0 Å². The Morgan fingerprint density at radius 3 is 2.45 bits per heavy atom. The lowest BCUT2D eigenvalue weighted by molar-refractivity contribution is 0.159. The molecule has 2 nitrogen and oxygen atoms in total. The lowest BCUT2D eigenvalue weighted by Crippen LogP contribution is -2.34. The van der Waals surface area contributed by atoms with Crippen molar-refractivity contribution in [2.75, 3.05) is 20.2 Å². The highest BCUT2D eigenvalue weighted by Crippen LogP contribution is 2.00. The first kappa shape index (κ1) is 10.4. The number of aliphatic hydroxyl groups is 1. The molecule has 1 atom stereocenters. The quantitative estimate of drug-likeness (QED) is 0.579. The van der Waals surface area contributed by atoms with Crippen LogP contribution in [0.5, 0.6) is 0 Å². The summed E-state index contributed by atoms with van der Waals surface area (Å²) in [6.07, 6.45) is 4.47. The Morgan fingerprint density at radius 1 is 1.45 bits per heavy atom.